The van der Waals surface area contributed by atoms with Crippen LogP contribution in [0.3, 0.4) is 0 Å². The van der Waals surface area contributed by atoms with Crippen LogP contribution in [0.5, 0.6) is 0 Å². The summed E-state index contributed by atoms with van der Waals surface area (Å²) in [7, 11) is 0. The van der Waals surface area contributed by atoms with Gasteiger partial charge in [-0.15, -0.1) is 0 Å². The van der Waals surface area contributed by atoms with E-state index in [1.807, 2.05) is 0 Å². The van der Waals surface area contributed by atoms with Gasteiger partial charge >= 0.3 is 12.1 Å². The molecule has 1 amide bonds. The molecule has 1 aromatic rings. The maximum absolute atomic E-state index is 12.9. The standard InChI is InChI=1S/C12H8F3NO4/c1-5(11(19)20)16-8-6(9(17)10(16)18)3-2-4-7(8)12(13,14)15/h2-5H,1H3,(H,19,20). The molecule has 0 radical (unpaired) electrons. The highest BCUT2D eigenvalue weighted by Gasteiger charge is 2.47. The molecular formula is C12H8F3NO4. The first-order chi connectivity index (χ1) is 9.16. The van der Waals surface area contributed by atoms with Crippen molar-refractivity contribution in [1.29, 1.82) is 0 Å². The van der Waals surface area contributed by atoms with E-state index in [1.54, 1.807) is 0 Å². The number of anilines is 1. The second-order valence-corrected chi connectivity index (χ2v) is 4.22. The number of hydrogen-bond acceptors (Lipinski definition) is 3. The molecular weight excluding hydrogens is 279 g/mol. The van der Waals surface area contributed by atoms with Crippen molar-refractivity contribution >= 4 is 23.3 Å². The maximum atomic E-state index is 12.9. The molecule has 0 saturated heterocycles. The molecule has 1 N–H and O–H groups in total. The number of carbonyl (C=O) groups excluding carboxylic acids is 2. The molecule has 1 heterocycles. The van der Waals surface area contributed by atoms with E-state index in [0.29, 0.717) is 11.0 Å². The van der Waals surface area contributed by atoms with Gasteiger partial charge in [0.1, 0.15) is 6.04 Å². The number of nitrogens with zero attached hydrogens (tertiary/aromatic N) is 1. The van der Waals surface area contributed by atoms with Gasteiger partial charge in [0.05, 0.1) is 16.8 Å². The van der Waals surface area contributed by atoms with Crippen LogP contribution in [0.4, 0.5) is 18.9 Å². The lowest BCUT2D eigenvalue weighted by atomic mass is 10.1. The molecule has 1 atom stereocenters. The number of carbonyl (C=O) groups is 3. The van der Waals surface area contributed by atoms with E-state index in [0.717, 1.165) is 19.1 Å². The topological polar surface area (TPSA) is 74.7 Å². The fourth-order valence-corrected chi connectivity index (χ4v) is 2.02. The first-order valence-corrected chi connectivity index (χ1v) is 5.47. The van der Waals surface area contributed by atoms with Crippen LogP contribution >= 0.6 is 0 Å². The van der Waals surface area contributed by atoms with Crippen molar-refractivity contribution in [3.63, 3.8) is 0 Å². The van der Waals surface area contributed by atoms with E-state index < -0.39 is 46.7 Å². The summed E-state index contributed by atoms with van der Waals surface area (Å²) in [5, 5.41) is 8.88. The van der Waals surface area contributed by atoms with Crippen LogP contribution in [-0.2, 0) is 15.8 Å². The minimum atomic E-state index is -4.80. The van der Waals surface area contributed by atoms with Gasteiger partial charge in [0.25, 0.3) is 11.7 Å². The Kier molecular flexibility index (Phi) is 3.04. The van der Waals surface area contributed by atoms with Crippen molar-refractivity contribution in [3.8, 4) is 0 Å². The zero-order valence-electron chi connectivity index (χ0n) is 10.1. The van der Waals surface area contributed by atoms with Gasteiger partial charge in [-0.2, -0.15) is 13.2 Å². The van der Waals surface area contributed by atoms with Crippen molar-refractivity contribution in [2.75, 3.05) is 4.90 Å². The third-order valence-electron chi connectivity index (χ3n) is 2.98. The smallest absolute Gasteiger partial charge is 0.418 e. The lowest BCUT2D eigenvalue weighted by Gasteiger charge is -2.24. The second kappa shape index (κ2) is 4.32. The van der Waals surface area contributed by atoms with Crippen LogP contribution in [0.2, 0.25) is 0 Å². The lowest BCUT2D eigenvalue weighted by molar-refractivity contribution is -0.140. The number of amides is 1. The van der Waals surface area contributed by atoms with Crippen LogP contribution in [0.25, 0.3) is 0 Å². The van der Waals surface area contributed by atoms with Gasteiger partial charge in [-0.25, -0.2) is 4.79 Å². The maximum Gasteiger partial charge on any atom is 0.418 e. The van der Waals surface area contributed by atoms with Gasteiger partial charge < -0.3 is 5.11 Å². The summed E-state index contributed by atoms with van der Waals surface area (Å²) in [6.07, 6.45) is -4.80. The van der Waals surface area contributed by atoms with E-state index in [9.17, 15) is 27.6 Å². The van der Waals surface area contributed by atoms with Crippen molar-refractivity contribution in [3.05, 3.63) is 29.3 Å². The van der Waals surface area contributed by atoms with Gasteiger partial charge in [-0.1, -0.05) is 6.07 Å². The summed E-state index contributed by atoms with van der Waals surface area (Å²) in [5.41, 5.74) is -2.33. The molecule has 0 aliphatic carbocycles. The number of aliphatic carboxylic acids is 1. The molecule has 0 aromatic heterocycles. The van der Waals surface area contributed by atoms with Gasteiger partial charge in [0.2, 0.25) is 0 Å². The van der Waals surface area contributed by atoms with E-state index >= 15 is 0 Å². The fraction of sp³-hybridized carbons (Fsp3) is 0.250. The number of rotatable bonds is 2. The zero-order valence-corrected chi connectivity index (χ0v) is 10.1. The number of benzene rings is 1. The van der Waals surface area contributed by atoms with Crippen LogP contribution in [0.15, 0.2) is 18.2 Å². The van der Waals surface area contributed by atoms with E-state index in [2.05, 4.69) is 0 Å². The molecule has 20 heavy (non-hydrogen) atoms. The Bertz CT molecular complexity index is 624. The Balaban J connectivity index is 2.71. The molecule has 1 aliphatic rings. The third kappa shape index (κ3) is 1.93. The highest BCUT2D eigenvalue weighted by molar-refractivity contribution is 6.53. The summed E-state index contributed by atoms with van der Waals surface area (Å²) in [4.78, 5) is 34.7. The fourth-order valence-electron chi connectivity index (χ4n) is 2.02. The summed E-state index contributed by atoms with van der Waals surface area (Å²) in [6, 6.07) is 1.20. The number of ketones is 1. The molecule has 0 fully saturated rings. The van der Waals surface area contributed by atoms with Crippen molar-refractivity contribution in [2.24, 2.45) is 0 Å². The minimum absolute atomic E-state index is 0.378. The largest absolute Gasteiger partial charge is 0.480 e. The molecule has 1 aromatic carbocycles. The van der Waals surface area contributed by atoms with Crippen molar-refractivity contribution in [2.45, 2.75) is 19.1 Å². The zero-order chi connectivity index (χ0) is 15.2. The molecule has 8 heteroatoms. The molecule has 1 aliphatic heterocycles. The Hall–Kier alpha value is -2.38. The van der Waals surface area contributed by atoms with E-state index in [1.165, 1.54) is 0 Å². The van der Waals surface area contributed by atoms with Crippen LogP contribution in [0, 0.1) is 0 Å². The second-order valence-electron chi connectivity index (χ2n) is 4.22. The Morgan fingerprint density at radius 2 is 1.90 bits per heavy atom. The SMILES string of the molecule is CC(C(=O)O)N1C(=O)C(=O)c2cccc(C(F)(F)F)c21. The average molecular weight is 287 g/mol. The minimum Gasteiger partial charge on any atom is -0.480 e. The summed E-state index contributed by atoms with van der Waals surface area (Å²) >= 11 is 0. The molecule has 106 valence electrons. The number of alkyl halides is 3. The highest BCUT2D eigenvalue weighted by atomic mass is 19.4. The van der Waals surface area contributed by atoms with Gasteiger partial charge in [0, 0.05) is 0 Å². The Labute approximate surface area is 110 Å². The molecule has 2 rings (SSSR count). The van der Waals surface area contributed by atoms with E-state index in [4.69, 9.17) is 5.11 Å². The summed E-state index contributed by atoms with van der Waals surface area (Å²) < 4.78 is 38.8. The molecule has 0 spiro atoms. The predicted molar refractivity (Wildman–Crippen MR) is 60.4 cm³/mol. The quantitative estimate of drug-likeness (QED) is 0.840. The van der Waals surface area contributed by atoms with Crippen molar-refractivity contribution < 1.29 is 32.7 Å². The number of hydrogen-bond donors (Lipinski definition) is 1. The Morgan fingerprint density at radius 1 is 1.30 bits per heavy atom. The number of Topliss-reactive ketones (excluding diaryl/α,β-unsaturated/α-hetero) is 1. The highest BCUT2D eigenvalue weighted by Crippen LogP contribution is 2.42. The Morgan fingerprint density at radius 3 is 2.40 bits per heavy atom. The number of para-hydroxylation sites is 1. The average Bonchev–Trinajstić information content (AvgIpc) is 2.60. The molecule has 0 bridgehead atoms. The predicted octanol–water partition coefficient (Wildman–Crippen LogP) is 1.71. The third-order valence-corrected chi connectivity index (χ3v) is 2.98. The summed E-state index contributed by atoms with van der Waals surface area (Å²) in [6.45, 7) is 1.04. The first-order valence-electron chi connectivity index (χ1n) is 5.47. The van der Waals surface area contributed by atoms with Crippen LogP contribution in [-0.4, -0.2) is 28.8 Å². The first kappa shape index (κ1) is 14.0. The van der Waals surface area contributed by atoms with Gasteiger partial charge in [-0.3, -0.25) is 14.5 Å². The van der Waals surface area contributed by atoms with Gasteiger partial charge in [0.15, 0.2) is 0 Å². The molecule has 5 nitrogen and oxygen atoms in total. The van der Waals surface area contributed by atoms with Crippen molar-refractivity contribution in [1.82, 2.24) is 0 Å². The number of carboxylic acids is 1. The summed E-state index contributed by atoms with van der Waals surface area (Å²) in [5.74, 6) is -3.92. The number of fused-ring (bicyclic) bond motifs is 1. The molecule has 1 unspecified atom stereocenters. The number of carboxylic acid groups (broad SMARTS) is 1. The van der Waals surface area contributed by atoms with Gasteiger partial charge in [-0.05, 0) is 19.1 Å². The normalized spacial score (nSPS) is 16.3. The number of halogens is 3. The molecule has 0 saturated carbocycles. The monoisotopic (exact) mass is 287 g/mol. The van der Waals surface area contributed by atoms with Crippen LogP contribution in [0.1, 0.15) is 22.8 Å². The lowest BCUT2D eigenvalue weighted by Crippen LogP contribution is -2.43. The van der Waals surface area contributed by atoms with Crippen LogP contribution < -0.4 is 4.90 Å². The van der Waals surface area contributed by atoms with E-state index in [-0.39, 0.29) is 0 Å².